The molecule has 0 spiro atoms. The van der Waals surface area contributed by atoms with Gasteiger partial charge in [-0.3, -0.25) is 10.1 Å². The Morgan fingerprint density at radius 3 is 2.50 bits per heavy atom. The van der Waals surface area contributed by atoms with E-state index < -0.39 is 21.0 Å². The second-order valence-corrected chi connectivity index (χ2v) is 7.69. The minimum absolute atomic E-state index is 0.0607. The second kappa shape index (κ2) is 9.33. The van der Waals surface area contributed by atoms with E-state index in [4.69, 9.17) is 11.6 Å². The number of pyridine rings is 1. The summed E-state index contributed by atoms with van der Waals surface area (Å²) in [5, 5.41) is 16.3. The Morgan fingerprint density at radius 2 is 1.89 bits per heavy atom. The molecular formula is C16H18ClN5O5S. The first kappa shape index (κ1) is 21.4. The number of urea groups is 1. The fourth-order valence-corrected chi connectivity index (χ4v) is 3.19. The van der Waals surface area contributed by atoms with E-state index in [1.165, 1.54) is 36.4 Å². The molecule has 1 aromatic carbocycles. The molecule has 3 N–H and O–H groups in total. The zero-order valence-corrected chi connectivity index (χ0v) is 16.4. The summed E-state index contributed by atoms with van der Waals surface area (Å²) in [6.45, 7) is 2.31. The third-order valence-electron chi connectivity index (χ3n) is 3.51. The van der Waals surface area contributed by atoms with Crippen molar-refractivity contribution < 1.29 is 18.1 Å². The Balaban J connectivity index is 2.12. The van der Waals surface area contributed by atoms with Gasteiger partial charge in [0, 0.05) is 18.3 Å². The molecule has 0 fully saturated rings. The minimum atomic E-state index is -4.05. The van der Waals surface area contributed by atoms with E-state index in [-0.39, 0.29) is 21.6 Å². The lowest BCUT2D eigenvalue weighted by molar-refractivity contribution is -0.384. The Labute approximate surface area is 166 Å². The van der Waals surface area contributed by atoms with Crippen LogP contribution in [0.25, 0.3) is 0 Å². The van der Waals surface area contributed by atoms with Crippen molar-refractivity contribution in [3.63, 3.8) is 0 Å². The fraction of sp³-hybridized carbons (Fsp3) is 0.250. The molecule has 0 bridgehead atoms. The van der Waals surface area contributed by atoms with Crippen LogP contribution in [0.3, 0.4) is 0 Å². The van der Waals surface area contributed by atoms with Gasteiger partial charge in [0.2, 0.25) is 5.82 Å². The topological polar surface area (TPSA) is 143 Å². The van der Waals surface area contributed by atoms with Gasteiger partial charge in [-0.1, -0.05) is 24.9 Å². The number of unbranched alkanes of at least 4 members (excludes halogenated alkanes) is 1. The summed E-state index contributed by atoms with van der Waals surface area (Å²) in [7, 11) is -4.05. The Hall–Kier alpha value is -2.92. The average molecular weight is 428 g/mol. The number of benzene rings is 1. The Kier molecular flexibility index (Phi) is 7.12. The molecule has 1 aromatic heterocycles. The second-order valence-electron chi connectivity index (χ2n) is 5.62. The van der Waals surface area contributed by atoms with Crippen LogP contribution in [-0.4, -0.2) is 30.9 Å². The molecule has 2 aromatic rings. The molecule has 2 rings (SSSR count). The number of rotatable bonds is 8. The minimum Gasteiger partial charge on any atom is -0.337 e. The molecule has 0 saturated carbocycles. The zero-order valence-electron chi connectivity index (χ0n) is 14.8. The van der Waals surface area contributed by atoms with E-state index in [2.05, 4.69) is 15.6 Å². The SMILES string of the molecule is CCCCNC(=O)NS(=O)(=O)c1ccc(Nc2nc(Cl)ccc2[N+](=O)[O-])cc1. The van der Waals surface area contributed by atoms with E-state index in [9.17, 15) is 23.3 Å². The van der Waals surface area contributed by atoms with Gasteiger partial charge >= 0.3 is 11.7 Å². The summed E-state index contributed by atoms with van der Waals surface area (Å²) in [5.41, 5.74) is 0.0655. The number of hydrogen-bond acceptors (Lipinski definition) is 7. The van der Waals surface area contributed by atoms with Crippen molar-refractivity contribution in [3.05, 3.63) is 51.7 Å². The number of carbonyl (C=O) groups excluding carboxylic acids is 1. The molecule has 12 heteroatoms. The molecule has 0 unspecified atom stereocenters. The van der Waals surface area contributed by atoms with Gasteiger partial charge in [0.15, 0.2) is 0 Å². The van der Waals surface area contributed by atoms with E-state index in [1.54, 1.807) is 0 Å². The van der Waals surface area contributed by atoms with Crippen LogP contribution in [0.5, 0.6) is 0 Å². The first-order valence-corrected chi connectivity index (χ1v) is 10.1. The summed E-state index contributed by atoms with van der Waals surface area (Å²) in [5.74, 6) is -0.0819. The summed E-state index contributed by atoms with van der Waals surface area (Å²) in [6.07, 6.45) is 1.60. The van der Waals surface area contributed by atoms with Crippen LogP contribution in [0.1, 0.15) is 19.8 Å². The van der Waals surface area contributed by atoms with Gasteiger partial charge < -0.3 is 10.6 Å². The predicted molar refractivity (Wildman–Crippen MR) is 104 cm³/mol. The molecule has 2 amide bonds. The highest BCUT2D eigenvalue weighted by Gasteiger charge is 2.19. The van der Waals surface area contributed by atoms with Crippen molar-refractivity contribution in [2.24, 2.45) is 0 Å². The Bertz CT molecular complexity index is 966. The van der Waals surface area contributed by atoms with Crippen LogP contribution in [-0.2, 0) is 10.0 Å². The summed E-state index contributed by atoms with van der Waals surface area (Å²) < 4.78 is 26.4. The maximum absolute atomic E-state index is 12.2. The molecule has 28 heavy (non-hydrogen) atoms. The van der Waals surface area contributed by atoms with Gasteiger partial charge in [-0.25, -0.2) is 22.9 Å². The van der Waals surface area contributed by atoms with E-state index >= 15 is 0 Å². The quantitative estimate of drug-likeness (QED) is 0.254. The largest absolute Gasteiger partial charge is 0.337 e. The van der Waals surface area contributed by atoms with Crippen LogP contribution in [0, 0.1) is 10.1 Å². The van der Waals surface area contributed by atoms with Gasteiger partial charge in [0.25, 0.3) is 10.0 Å². The highest BCUT2D eigenvalue weighted by Crippen LogP contribution is 2.27. The number of carbonyl (C=O) groups is 1. The van der Waals surface area contributed by atoms with Crippen LogP contribution < -0.4 is 15.4 Å². The smallest absolute Gasteiger partial charge is 0.328 e. The van der Waals surface area contributed by atoms with Gasteiger partial charge in [-0.15, -0.1) is 0 Å². The molecule has 150 valence electrons. The number of nitrogens with one attached hydrogen (secondary N) is 3. The normalized spacial score (nSPS) is 10.9. The summed E-state index contributed by atoms with van der Waals surface area (Å²) >= 11 is 5.77. The maximum Gasteiger partial charge on any atom is 0.328 e. The molecule has 0 radical (unpaired) electrons. The maximum atomic E-state index is 12.2. The monoisotopic (exact) mass is 427 g/mol. The molecule has 0 aliphatic carbocycles. The van der Waals surface area contributed by atoms with Crippen LogP contribution in [0.4, 0.5) is 22.0 Å². The first-order chi connectivity index (χ1) is 13.2. The van der Waals surface area contributed by atoms with E-state index in [0.29, 0.717) is 12.2 Å². The van der Waals surface area contributed by atoms with E-state index in [1.807, 2.05) is 11.6 Å². The molecule has 0 atom stereocenters. The Morgan fingerprint density at radius 1 is 1.21 bits per heavy atom. The number of halogens is 1. The third-order valence-corrected chi connectivity index (χ3v) is 5.06. The van der Waals surface area contributed by atoms with Crippen molar-refractivity contribution in [1.29, 1.82) is 0 Å². The van der Waals surface area contributed by atoms with E-state index in [0.717, 1.165) is 12.8 Å². The zero-order chi connectivity index (χ0) is 20.7. The number of amides is 2. The van der Waals surface area contributed by atoms with Crippen LogP contribution >= 0.6 is 11.6 Å². The first-order valence-electron chi connectivity index (χ1n) is 8.21. The third kappa shape index (κ3) is 5.79. The van der Waals surface area contributed by atoms with Crippen molar-refractivity contribution >= 4 is 44.8 Å². The van der Waals surface area contributed by atoms with Crippen LogP contribution in [0.15, 0.2) is 41.3 Å². The summed E-state index contributed by atoms with van der Waals surface area (Å²) in [4.78, 5) is 25.8. The lowest BCUT2D eigenvalue weighted by atomic mass is 10.3. The van der Waals surface area contributed by atoms with Gasteiger partial charge in [-0.2, -0.15) is 0 Å². The van der Waals surface area contributed by atoms with Crippen molar-refractivity contribution in [2.45, 2.75) is 24.7 Å². The fourth-order valence-electron chi connectivity index (χ4n) is 2.12. The lowest BCUT2D eigenvalue weighted by Gasteiger charge is -2.10. The van der Waals surface area contributed by atoms with Crippen LogP contribution in [0.2, 0.25) is 5.15 Å². The highest BCUT2D eigenvalue weighted by molar-refractivity contribution is 7.90. The van der Waals surface area contributed by atoms with Crippen molar-refractivity contribution in [3.8, 4) is 0 Å². The van der Waals surface area contributed by atoms with Gasteiger partial charge in [0.05, 0.1) is 9.82 Å². The lowest BCUT2D eigenvalue weighted by Crippen LogP contribution is -2.39. The predicted octanol–water partition coefficient (Wildman–Crippen LogP) is 3.17. The van der Waals surface area contributed by atoms with Crippen molar-refractivity contribution in [1.82, 2.24) is 15.0 Å². The standard InChI is InChI=1S/C16H18ClN5O5S/c1-2-3-10-18-16(23)21-28(26,27)12-6-4-11(5-7-12)19-15-13(22(24)25)8-9-14(17)20-15/h4-9H,2-3,10H2,1H3,(H,19,20)(H2,18,21,23). The molecule has 0 aliphatic heterocycles. The molecule has 10 nitrogen and oxygen atoms in total. The number of anilines is 2. The molecule has 1 heterocycles. The summed E-state index contributed by atoms with van der Waals surface area (Å²) in [6, 6.07) is 6.95. The number of nitrogens with zero attached hydrogens (tertiary/aromatic N) is 2. The number of hydrogen-bond donors (Lipinski definition) is 3. The molecular weight excluding hydrogens is 410 g/mol. The average Bonchev–Trinajstić information content (AvgIpc) is 2.62. The molecule has 0 aliphatic rings. The van der Waals surface area contributed by atoms with Gasteiger partial charge in [0.1, 0.15) is 5.15 Å². The highest BCUT2D eigenvalue weighted by atomic mass is 35.5. The number of aromatic nitrogens is 1. The van der Waals surface area contributed by atoms with Gasteiger partial charge in [-0.05, 0) is 36.8 Å². The van der Waals surface area contributed by atoms with Crippen molar-refractivity contribution in [2.75, 3.05) is 11.9 Å². The number of nitro groups is 1. The number of sulfonamides is 1. The molecule has 0 saturated heterocycles.